The molecule has 5 nitrogen and oxygen atoms in total. The van der Waals surface area contributed by atoms with Gasteiger partial charge in [0.1, 0.15) is 0 Å². The smallest absolute Gasteiger partial charge is 0.231 e. The topological polar surface area (TPSA) is 40.2 Å². The van der Waals surface area contributed by atoms with Gasteiger partial charge in [-0.25, -0.2) is 0 Å². The minimum Gasteiger partial charge on any atom is -0.454 e. The third kappa shape index (κ3) is 1.87. The molecule has 27 heavy (non-hydrogen) atoms. The molecule has 0 amide bonds. The zero-order valence-corrected chi connectivity index (χ0v) is 14.9. The zero-order valence-electron chi connectivity index (χ0n) is 14.9. The lowest BCUT2D eigenvalue weighted by atomic mass is 9.85. The Hall–Kier alpha value is -2.66. The first kappa shape index (κ1) is 14.4. The number of hydrogen-bond donors (Lipinski definition) is 0. The summed E-state index contributed by atoms with van der Waals surface area (Å²) in [5.41, 5.74) is 2.91. The van der Waals surface area contributed by atoms with Gasteiger partial charge >= 0.3 is 0 Å². The van der Waals surface area contributed by atoms with Gasteiger partial charge in [-0.3, -0.25) is 4.90 Å². The maximum absolute atomic E-state index is 5.69. The van der Waals surface area contributed by atoms with Crippen molar-refractivity contribution >= 4 is 21.5 Å². The summed E-state index contributed by atoms with van der Waals surface area (Å²) in [7, 11) is 0. The van der Waals surface area contributed by atoms with Crippen molar-refractivity contribution in [2.75, 3.05) is 20.1 Å². The molecule has 5 heteroatoms. The van der Waals surface area contributed by atoms with Gasteiger partial charge in [0, 0.05) is 12.6 Å². The van der Waals surface area contributed by atoms with E-state index in [1.807, 2.05) is 0 Å². The summed E-state index contributed by atoms with van der Waals surface area (Å²) in [6.07, 6.45) is 3.70. The first-order valence-corrected chi connectivity index (χ1v) is 9.69. The third-order valence-electron chi connectivity index (χ3n) is 6.63. The maximum Gasteiger partial charge on any atom is 0.231 e. The second kappa shape index (κ2) is 4.98. The fourth-order valence-corrected chi connectivity index (χ4v) is 5.34. The Morgan fingerprint density at radius 1 is 0.704 bits per heavy atom. The van der Waals surface area contributed by atoms with Gasteiger partial charge in [-0.1, -0.05) is 0 Å². The largest absolute Gasteiger partial charge is 0.454 e. The molecule has 7 rings (SSSR count). The van der Waals surface area contributed by atoms with Crippen molar-refractivity contribution in [1.29, 1.82) is 0 Å². The summed E-state index contributed by atoms with van der Waals surface area (Å²) in [4.78, 5) is 2.64. The molecule has 4 aliphatic heterocycles. The third-order valence-corrected chi connectivity index (χ3v) is 6.63. The van der Waals surface area contributed by atoms with E-state index in [4.69, 9.17) is 18.9 Å². The number of benzene rings is 3. The molecule has 4 heterocycles. The Morgan fingerprint density at radius 3 is 1.89 bits per heavy atom. The quantitative estimate of drug-likeness (QED) is 0.567. The molecule has 0 unspecified atom stereocenters. The maximum atomic E-state index is 5.69. The first-order valence-electron chi connectivity index (χ1n) is 9.69. The molecule has 136 valence electrons. The number of rotatable bonds is 0. The standard InChI is InChI=1S/C22H19NO4/c1-2-12-4-13-14-5-19-20(25-10-24-19)6-15(14)16-7-21-22(27-11-26-21)8-17(16)18(13)9-23(12)3-1/h5-8,12H,1-4,9-11H2/t12-/m0/s1. The van der Waals surface area contributed by atoms with Gasteiger partial charge in [0.05, 0.1) is 0 Å². The predicted molar refractivity (Wildman–Crippen MR) is 101 cm³/mol. The van der Waals surface area contributed by atoms with Crippen molar-refractivity contribution in [3.8, 4) is 23.0 Å². The fourth-order valence-electron chi connectivity index (χ4n) is 5.34. The van der Waals surface area contributed by atoms with Crippen molar-refractivity contribution in [1.82, 2.24) is 4.90 Å². The highest BCUT2D eigenvalue weighted by atomic mass is 16.7. The van der Waals surface area contributed by atoms with Crippen molar-refractivity contribution in [2.24, 2.45) is 0 Å². The average Bonchev–Trinajstić information content (AvgIpc) is 3.43. The molecule has 1 atom stereocenters. The van der Waals surface area contributed by atoms with Gasteiger partial charge in [-0.15, -0.1) is 0 Å². The molecule has 0 spiro atoms. The lowest BCUT2D eigenvalue weighted by molar-refractivity contribution is 0.173. The highest BCUT2D eigenvalue weighted by Gasteiger charge is 2.33. The molecule has 0 saturated carbocycles. The molecule has 0 aliphatic carbocycles. The molecular weight excluding hydrogens is 342 g/mol. The van der Waals surface area contributed by atoms with E-state index in [1.165, 1.54) is 52.1 Å². The lowest BCUT2D eigenvalue weighted by Gasteiger charge is -2.33. The van der Waals surface area contributed by atoms with E-state index in [0.29, 0.717) is 19.6 Å². The lowest BCUT2D eigenvalue weighted by Crippen LogP contribution is -2.35. The molecule has 3 aromatic rings. The Labute approximate surface area is 156 Å². The van der Waals surface area contributed by atoms with Gasteiger partial charge in [-0.2, -0.15) is 0 Å². The van der Waals surface area contributed by atoms with E-state index in [2.05, 4.69) is 29.2 Å². The van der Waals surface area contributed by atoms with Crippen LogP contribution in [0.4, 0.5) is 0 Å². The summed E-state index contributed by atoms with van der Waals surface area (Å²) in [6.45, 7) is 2.82. The number of ether oxygens (including phenoxy) is 4. The Bertz CT molecular complexity index is 1050. The molecule has 0 radical (unpaired) electrons. The SMILES string of the molecule is c1c2c(cc3c1c1c(c4cc5c(cc43)OCO5)CN3CCC[C@H]3C1)OCO2. The first-order chi connectivity index (χ1) is 13.3. The summed E-state index contributed by atoms with van der Waals surface area (Å²) >= 11 is 0. The Kier molecular flexibility index (Phi) is 2.66. The second-order valence-electron chi connectivity index (χ2n) is 7.93. The van der Waals surface area contributed by atoms with Crippen LogP contribution in [0.2, 0.25) is 0 Å². The number of fused-ring (bicyclic) bond motifs is 9. The Balaban J connectivity index is 1.61. The van der Waals surface area contributed by atoms with Gasteiger partial charge in [0.25, 0.3) is 0 Å². The van der Waals surface area contributed by atoms with Crippen molar-refractivity contribution in [2.45, 2.75) is 31.8 Å². The van der Waals surface area contributed by atoms with Crippen LogP contribution in [0.5, 0.6) is 23.0 Å². The minimum atomic E-state index is 0.298. The fraction of sp³-hybridized carbons (Fsp3) is 0.364. The summed E-state index contributed by atoms with van der Waals surface area (Å²) in [6, 6.07) is 9.31. The van der Waals surface area contributed by atoms with Crippen LogP contribution in [-0.4, -0.2) is 31.1 Å². The summed E-state index contributed by atoms with van der Waals surface area (Å²) in [5, 5.41) is 5.01. The summed E-state index contributed by atoms with van der Waals surface area (Å²) in [5.74, 6) is 3.38. The van der Waals surface area contributed by atoms with Crippen molar-refractivity contribution in [3.63, 3.8) is 0 Å². The number of hydrogen-bond acceptors (Lipinski definition) is 5. The molecule has 1 fully saturated rings. The molecule has 1 saturated heterocycles. The Morgan fingerprint density at radius 2 is 1.26 bits per heavy atom. The molecule has 3 aromatic carbocycles. The van der Waals surface area contributed by atoms with Crippen LogP contribution in [0, 0.1) is 0 Å². The molecule has 4 aliphatic rings. The van der Waals surface area contributed by atoms with Crippen LogP contribution in [0.15, 0.2) is 24.3 Å². The van der Waals surface area contributed by atoms with Crippen LogP contribution in [-0.2, 0) is 13.0 Å². The van der Waals surface area contributed by atoms with Crippen molar-refractivity contribution < 1.29 is 18.9 Å². The predicted octanol–water partition coefficient (Wildman–Crippen LogP) is 3.97. The average molecular weight is 361 g/mol. The number of nitrogens with zero attached hydrogens (tertiary/aromatic N) is 1. The van der Waals surface area contributed by atoms with E-state index in [1.54, 1.807) is 0 Å². The highest BCUT2D eigenvalue weighted by Crippen LogP contribution is 2.47. The highest BCUT2D eigenvalue weighted by molar-refractivity contribution is 6.13. The minimum absolute atomic E-state index is 0.298. The van der Waals surface area contributed by atoms with E-state index in [9.17, 15) is 0 Å². The van der Waals surface area contributed by atoms with Crippen LogP contribution < -0.4 is 18.9 Å². The normalized spacial score (nSPS) is 22.4. The summed E-state index contributed by atoms with van der Waals surface area (Å²) < 4.78 is 22.7. The molecule has 0 bridgehead atoms. The van der Waals surface area contributed by atoms with Gasteiger partial charge < -0.3 is 18.9 Å². The van der Waals surface area contributed by atoms with E-state index in [-0.39, 0.29) is 0 Å². The van der Waals surface area contributed by atoms with Crippen LogP contribution >= 0.6 is 0 Å². The van der Waals surface area contributed by atoms with Crippen molar-refractivity contribution in [3.05, 3.63) is 35.4 Å². The molecular formula is C22H19NO4. The van der Waals surface area contributed by atoms with E-state index in [0.717, 1.165) is 36.0 Å². The van der Waals surface area contributed by atoms with Crippen LogP contribution in [0.1, 0.15) is 24.0 Å². The van der Waals surface area contributed by atoms with Gasteiger partial charge in [0.15, 0.2) is 23.0 Å². The van der Waals surface area contributed by atoms with Crippen LogP contribution in [0.25, 0.3) is 21.5 Å². The van der Waals surface area contributed by atoms with E-state index < -0.39 is 0 Å². The van der Waals surface area contributed by atoms with Gasteiger partial charge in [-0.05, 0) is 82.7 Å². The van der Waals surface area contributed by atoms with Gasteiger partial charge in [0.2, 0.25) is 13.6 Å². The van der Waals surface area contributed by atoms with E-state index >= 15 is 0 Å². The second-order valence-corrected chi connectivity index (χ2v) is 7.93. The molecule has 0 aromatic heterocycles. The molecule has 0 N–H and O–H groups in total. The monoisotopic (exact) mass is 361 g/mol. The van der Waals surface area contributed by atoms with Crippen LogP contribution in [0.3, 0.4) is 0 Å². The zero-order chi connectivity index (χ0) is 17.5.